The number of aryl methyl sites for hydroxylation is 1. The van der Waals surface area contributed by atoms with Crippen LogP contribution in [0.5, 0.6) is 5.75 Å². The molecule has 0 spiro atoms. The highest BCUT2D eigenvalue weighted by Gasteiger charge is 2.48. The van der Waals surface area contributed by atoms with Crippen LogP contribution in [0.25, 0.3) is 17.2 Å². The van der Waals surface area contributed by atoms with Gasteiger partial charge in [0.25, 0.3) is 11.5 Å². The van der Waals surface area contributed by atoms with Crippen molar-refractivity contribution in [1.82, 2.24) is 38.9 Å². The Morgan fingerprint density at radius 2 is 1.77 bits per heavy atom. The number of aromatic hydroxyl groups is 1. The van der Waals surface area contributed by atoms with Gasteiger partial charge >= 0.3 is 6.18 Å². The predicted octanol–water partition coefficient (Wildman–Crippen LogP) is 4.89. The SMILES string of the molecule is CCc1c(N2CCN(C(=O)c3ncnc(C)c3O)CC2)c(=O)n2nc(-c3ccc(C4(N(C)C)CC4)c(F)c3)nc2n1CC(=O)Nc1ccc(C(F)(F)F)cc1Cl. The molecule has 14 nitrogen and oxygen atoms in total. The van der Waals surface area contributed by atoms with Gasteiger partial charge in [-0.1, -0.05) is 30.7 Å². The third-order valence-electron chi connectivity index (χ3n) is 10.4. The van der Waals surface area contributed by atoms with Gasteiger partial charge in [0.05, 0.1) is 27.7 Å². The molecular weight excluding hydrogens is 760 g/mol. The zero-order valence-electron chi connectivity index (χ0n) is 30.8. The van der Waals surface area contributed by atoms with Crippen LogP contribution >= 0.6 is 11.6 Å². The van der Waals surface area contributed by atoms with Crippen molar-refractivity contribution >= 4 is 40.6 Å². The summed E-state index contributed by atoms with van der Waals surface area (Å²) in [5.74, 6) is -1.98. The van der Waals surface area contributed by atoms with Crippen molar-refractivity contribution in [3.05, 3.63) is 92.1 Å². The van der Waals surface area contributed by atoms with E-state index in [4.69, 9.17) is 11.6 Å². The smallest absolute Gasteiger partial charge is 0.416 e. The Bertz CT molecular complexity index is 2440. The van der Waals surface area contributed by atoms with Gasteiger partial charge in [0.1, 0.15) is 24.4 Å². The third kappa shape index (κ3) is 6.91. The van der Waals surface area contributed by atoms with Crippen LogP contribution in [0.1, 0.15) is 52.8 Å². The van der Waals surface area contributed by atoms with Crippen molar-refractivity contribution in [3.8, 4) is 17.1 Å². The van der Waals surface area contributed by atoms with Gasteiger partial charge in [0, 0.05) is 42.8 Å². The number of nitrogens with zero attached hydrogens (tertiary/aromatic N) is 9. The van der Waals surface area contributed by atoms with E-state index in [1.165, 1.54) is 21.9 Å². The van der Waals surface area contributed by atoms with Crippen LogP contribution in [0.15, 0.2) is 47.5 Å². The number of rotatable bonds is 9. The Labute approximate surface area is 322 Å². The van der Waals surface area contributed by atoms with Gasteiger partial charge in [0.15, 0.2) is 17.3 Å². The molecular formula is C37H37ClF4N10O4. The number of fused-ring (bicyclic) bond motifs is 1. The Balaban J connectivity index is 1.26. The van der Waals surface area contributed by atoms with Crippen LogP contribution in [0.3, 0.4) is 0 Å². The molecule has 0 radical (unpaired) electrons. The fraction of sp³-hybridized carbons (Fsp3) is 0.378. The second-order valence-electron chi connectivity index (χ2n) is 14.0. The van der Waals surface area contributed by atoms with E-state index in [1.807, 2.05) is 19.0 Å². The monoisotopic (exact) mass is 796 g/mol. The maximum Gasteiger partial charge on any atom is 0.416 e. The van der Waals surface area contributed by atoms with Crippen LogP contribution in [0, 0.1) is 12.7 Å². The van der Waals surface area contributed by atoms with Crippen LogP contribution in [0.2, 0.25) is 5.02 Å². The lowest BCUT2D eigenvalue weighted by Gasteiger charge is -2.36. The Hall–Kier alpha value is -5.62. The van der Waals surface area contributed by atoms with Crippen LogP contribution < -0.4 is 15.8 Å². The van der Waals surface area contributed by atoms with Gasteiger partial charge in [-0.2, -0.15) is 22.7 Å². The first kappa shape index (κ1) is 38.6. The van der Waals surface area contributed by atoms with Crippen molar-refractivity contribution < 1.29 is 32.3 Å². The molecule has 0 bridgehead atoms. The second-order valence-corrected chi connectivity index (χ2v) is 14.4. The normalized spacial score (nSPS) is 15.5. The summed E-state index contributed by atoms with van der Waals surface area (Å²) in [5.41, 5.74) is -0.500. The molecule has 4 heterocycles. The molecule has 7 rings (SSSR count). The Morgan fingerprint density at radius 1 is 1.05 bits per heavy atom. The molecule has 2 aliphatic rings. The highest BCUT2D eigenvalue weighted by atomic mass is 35.5. The highest BCUT2D eigenvalue weighted by Crippen LogP contribution is 2.50. The van der Waals surface area contributed by atoms with E-state index in [2.05, 4.69) is 25.4 Å². The summed E-state index contributed by atoms with van der Waals surface area (Å²) in [5, 5.41) is 17.1. The van der Waals surface area contributed by atoms with Crippen molar-refractivity contribution in [2.75, 3.05) is 50.5 Å². The number of benzene rings is 2. The van der Waals surface area contributed by atoms with Crippen molar-refractivity contribution in [2.45, 2.75) is 51.4 Å². The first-order valence-corrected chi connectivity index (χ1v) is 18.1. The van der Waals surface area contributed by atoms with Crippen molar-refractivity contribution in [3.63, 3.8) is 0 Å². The van der Waals surface area contributed by atoms with Gasteiger partial charge in [0.2, 0.25) is 11.7 Å². The minimum atomic E-state index is -4.64. The van der Waals surface area contributed by atoms with E-state index >= 15 is 4.39 Å². The molecule has 1 saturated heterocycles. The summed E-state index contributed by atoms with van der Waals surface area (Å²) in [6.45, 7) is 3.53. The largest absolute Gasteiger partial charge is 0.504 e. The molecule has 5 aromatic rings. The second kappa shape index (κ2) is 14.5. The summed E-state index contributed by atoms with van der Waals surface area (Å²) in [6.07, 6.45) is -1.63. The maximum absolute atomic E-state index is 15.7. The molecule has 1 aliphatic carbocycles. The molecule has 0 atom stereocenters. The zero-order valence-corrected chi connectivity index (χ0v) is 31.5. The topological polar surface area (TPSA) is 154 Å². The third-order valence-corrected chi connectivity index (χ3v) is 10.7. The average Bonchev–Trinajstić information content (AvgIpc) is 3.85. The lowest BCUT2D eigenvalue weighted by atomic mass is 10.0. The molecule has 1 saturated carbocycles. The summed E-state index contributed by atoms with van der Waals surface area (Å²) < 4.78 is 58.0. The van der Waals surface area contributed by atoms with E-state index in [9.17, 15) is 32.7 Å². The van der Waals surface area contributed by atoms with E-state index in [-0.39, 0.29) is 77.7 Å². The first-order chi connectivity index (χ1) is 26.5. The lowest BCUT2D eigenvalue weighted by molar-refractivity contribution is -0.137. The molecule has 56 heavy (non-hydrogen) atoms. The molecule has 2 amide bonds. The van der Waals surface area contributed by atoms with Gasteiger partial charge in [-0.15, -0.1) is 5.10 Å². The molecule has 0 unspecified atom stereocenters. The average molecular weight is 797 g/mol. The van der Waals surface area contributed by atoms with Crippen LogP contribution in [0.4, 0.5) is 28.9 Å². The number of carbonyl (C=O) groups is 2. The van der Waals surface area contributed by atoms with Gasteiger partial charge in [-0.05, 0) is 64.5 Å². The first-order valence-electron chi connectivity index (χ1n) is 17.8. The van der Waals surface area contributed by atoms with E-state index in [0.717, 1.165) is 29.5 Å². The number of carbonyl (C=O) groups excluding carboxylic acids is 2. The zero-order chi connectivity index (χ0) is 40.3. The van der Waals surface area contributed by atoms with Crippen LogP contribution in [-0.4, -0.2) is 96.1 Å². The summed E-state index contributed by atoms with van der Waals surface area (Å²) >= 11 is 6.14. The standard InChI is InChI=1S/C37H37ClF4N10O4/c1-5-27-30(49-12-14-50(15-13-49)33(55)29-31(54)20(2)43-19-44-29)34(56)52-35(51(27)18-28(53)45-26-9-7-22(17-24(26)38)37(40,41)42)46-32(47-52)21-6-8-23(25(39)16-21)36(10-11-36)48(3)4/h6-9,16-17,19,54H,5,10-15,18H2,1-4H3,(H,45,53). The molecule has 19 heteroatoms. The Morgan fingerprint density at radius 3 is 2.38 bits per heavy atom. The number of hydrogen-bond donors (Lipinski definition) is 2. The number of alkyl halides is 3. The summed E-state index contributed by atoms with van der Waals surface area (Å²) in [7, 11) is 3.79. The van der Waals surface area contributed by atoms with E-state index in [1.54, 1.807) is 30.9 Å². The maximum atomic E-state index is 15.7. The number of hydrogen-bond acceptors (Lipinski definition) is 10. The van der Waals surface area contributed by atoms with E-state index in [0.29, 0.717) is 22.9 Å². The minimum absolute atomic E-state index is 0.0248. The van der Waals surface area contributed by atoms with Gasteiger partial charge in [-0.25, -0.2) is 14.4 Å². The highest BCUT2D eigenvalue weighted by molar-refractivity contribution is 6.33. The van der Waals surface area contributed by atoms with E-state index < -0.39 is 47.0 Å². The van der Waals surface area contributed by atoms with Crippen LogP contribution in [-0.2, 0) is 29.5 Å². The fourth-order valence-corrected chi connectivity index (χ4v) is 7.42. The molecule has 1 aliphatic heterocycles. The number of piperazine rings is 1. The number of halogens is 5. The number of anilines is 2. The molecule has 2 fully saturated rings. The number of amides is 2. The molecule has 2 N–H and O–H groups in total. The minimum Gasteiger partial charge on any atom is -0.504 e. The fourth-order valence-electron chi connectivity index (χ4n) is 7.19. The predicted molar refractivity (Wildman–Crippen MR) is 198 cm³/mol. The number of aromatic nitrogens is 6. The Kier molecular flexibility index (Phi) is 9.98. The van der Waals surface area contributed by atoms with Crippen molar-refractivity contribution in [1.29, 1.82) is 0 Å². The lowest BCUT2D eigenvalue weighted by Crippen LogP contribution is -2.51. The molecule has 3 aromatic heterocycles. The molecule has 2 aromatic carbocycles. The summed E-state index contributed by atoms with van der Waals surface area (Å²) in [6, 6.07) is 7.24. The molecule has 294 valence electrons. The number of nitrogens with one attached hydrogen (secondary N) is 1. The summed E-state index contributed by atoms with van der Waals surface area (Å²) in [4.78, 5) is 59.0. The van der Waals surface area contributed by atoms with Crippen molar-refractivity contribution in [2.24, 2.45) is 0 Å². The quantitative estimate of drug-likeness (QED) is 0.197. The van der Waals surface area contributed by atoms with Gasteiger partial charge < -0.3 is 24.8 Å². The van der Waals surface area contributed by atoms with Gasteiger partial charge in [-0.3, -0.25) is 19.3 Å².